The molecule has 0 aliphatic carbocycles. The maximum absolute atomic E-state index is 11.1. The highest BCUT2D eigenvalue weighted by Crippen LogP contribution is 2.04. The molecule has 0 aliphatic rings. The number of hydrogen-bond acceptors (Lipinski definition) is 2. The smallest absolute Gasteiger partial charge is 0.0441 e. The molecule has 0 fully saturated rings. The van der Waals surface area contributed by atoms with Gasteiger partial charge in [-0.25, -0.2) is 0 Å². The van der Waals surface area contributed by atoms with Crippen molar-refractivity contribution in [3.63, 3.8) is 0 Å². The van der Waals surface area contributed by atoms with Crippen LogP contribution in [0.4, 0.5) is 0 Å². The molecule has 0 aromatic carbocycles. The second-order valence-electron chi connectivity index (χ2n) is 3.96. The molecule has 2 nitrogen and oxygen atoms in total. The molecule has 86 valence electrons. The lowest BCUT2D eigenvalue weighted by Gasteiger charge is -2.18. The van der Waals surface area contributed by atoms with Crippen molar-refractivity contribution in [1.29, 1.82) is 0 Å². The van der Waals surface area contributed by atoms with Crippen LogP contribution < -0.4 is 5.32 Å². The highest BCUT2D eigenvalue weighted by molar-refractivity contribution is 7.84. The van der Waals surface area contributed by atoms with Gasteiger partial charge in [-0.3, -0.25) is 4.21 Å². The van der Waals surface area contributed by atoms with Crippen LogP contribution >= 0.6 is 0 Å². The first-order chi connectivity index (χ1) is 6.61. The zero-order valence-electron chi connectivity index (χ0n) is 10.0. The molecular weight excluding hydrogens is 194 g/mol. The molecule has 0 rings (SSSR count). The molecule has 0 aliphatic heterocycles. The Balaban J connectivity index is 3.66. The number of unbranched alkanes of at least 4 members (excludes halogenated alkanes) is 1. The third-order valence-electron chi connectivity index (χ3n) is 2.66. The summed E-state index contributed by atoms with van der Waals surface area (Å²) in [5, 5.41) is 3.76. The van der Waals surface area contributed by atoms with E-state index in [0.29, 0.717) is 6.04 Å². The van der Waals surface area contributed by atoms with E-state index in [9.17, 15) is 4.21 Å². The summed E-state index contributed by atoms with van der Waals surface area (Å²) in [4.78, 5) is 0. The lowest BCUT2D eigenvalue weighted by Crippen LogP contribution is -2.35. The van der Waals surface area contributed by atoms with Gasteiger partial charge in [-0.2, -0.15) is 0 Å². The van der Waals surface area contributed by atoms with E-state index >= 15 is 0 Å². The molecule has 14 heavy (non-hydrogen) atoms. The molecule has 3 atom stereocenters. The average Bonchev–Trinajstić information content (AvgIpc) is 2.17. The van der Waals surface area contributed by atoms with Crippen LogP contribution in [0.25, 0.3) is 0 Å². The van der Waals surface area contributed by atoms with Gasteiger partial charge in [0.2, 0.25) is 0 Å². The summed E-state index contributed by atoms with van der Waals surface area (Å²) < 4.78 is 11.1. The summed E-state index contributed by atoms with van der Waals surface area (Å²) in [6.07, 6.45) is 6.74. The van der Waals surface area contributed by atoms with Crippen LogP contribution in [0.1, 0.15) is 46.5 Å². The summed E-state index contributed by atoms with van der Waals surface area (Å²) in [5.74, 6) is 0. The highest BCUT2D eigenvalue weighted by Gasteiger charge is 2.09. The van der Waals surface area contributed by atoms with Crippen molar-refractivity contribution in [3.8, 4) is 0 Å². The van der Waals surface area contributed by atoms with Gasteiger partial charge in [-0.1, -0.05) is 26.7 Å². The lowest BCUT2D eigenvalue weighted by molar-refractivity contribution is 0.454. The van der Waals surface area contributed by atoms with E-state index in [2.05, 4.69) is 19.2 Å². The molecule has 3 unspecified atom stereocenters. The van der Waals surface area contributed by atoms with Crippen LogP contribution in [0.2, 0.25) is 0 Å². The van der Waals surface area contributed by atoms with E-state index in [-0.39, 0.29) is 5.25 Å². The van der Waals surface area contributed by atoms with Crippen molar-refractivity contribution in [2.24, 2.45) is 0 Å². The van der Waals surface area contributed by atoms with Crippen molar-refractivity contribution in [3.05, 3.63) is 0 Å². The zero-order valence-corrected chi connectivity index (χ0v) is 10.8. The SMILES string of the molecule is CCCCC(CC)NCC(C)S(C)=O. The second kappa shape index (κ2) is 8.42. The maximum Gasteiger partial charge on any atom is 0.0441 e. The Bertz CT molecular complexity index is 161. The molecular formula is C11H25NOS. The molecule has 0 saturated heterocycles. The van der Waals surface area contributed by atoms with Crippen LogP contribution in [0.5, 0.6) is 0 Å². The van der Waals surface area contributed by atoms with Crippen LogP contribution in [0.15, 0.2) is 0 Å². The number of nitrogens with one attached hydrogen (secondary N) is 1. The minimum Gasteiger partial charge on any atom is -0.313 e. The van der Waals surface area contributed by atoms with Crippen LogP contribution in [0.3, 0.4) is 0 Å². The number of hydrogen-bond donors (Lipinski definition) is 1. The van der Waals surface area contributed by atoms with Gasteiger partial charge in [-0.15, -0.1) is 0 Å². The first-order valence-electron chi connectivity index (χ1n) is 5.67. The number of rotatable bonds is 8. The van der Waals surface area contributed by atoms with Gasteiger partial charge >= 0.3 is 0 Å². The Labute approximate surface area is 91.3 Å². The third-order valence-corrected chi connectivity index (χ3v) is 3.96. The van der Waals surface area contributed by atoms with Gasteiger partial charge in [-0.05, 0) is 19.8 Å². The predicted molar refractivity (Wildman–Crippen MR) is 65.1 cm³/mol. The monoisotopic (exact) mass is 219 g/mol. The topological polar surface area (TPSA) is 29.1 Å². The summed E-state index contributed by atoms with van der Waals surface area (Å²) in [7, 11) is -0.697. The summed E-state index contributed by atoms with van der Waals surface area (Å²) in [6, 6.07) is 0.612. The molecule has 0 aromatic rings. The van der Waals surface area contributed by atoms with Crippen molar-refractivity contribution in [1.82, 2.24) is 5.32 Å². The van der Waals surface area contributed by atoms with Crippen molar-refractivity contribution >= 4 is 10.8 Å². The highest BCUT2D eigenvalue weighted by atomic mass is 32.2. The van der Waals surface area contributed by atoms with Crippen molar-refractivity contribution in [2.45, 2.75) is 57.7 Å². The maximum atomic E-state index is 11.1. The first-order valence-corrected chi connectivity index (χ1v) is 7.29. The molecule has 0 aromatic heterocycles. The largest absolute Gasteiger partial charge is 0.313 e. The first kappa shape index (κ1) is 14.1. The summed E-state index contributed by atoms with van der Waals surface area (Å²) >= 11 is 0. The molecule has 0 saturated carbocycles. The van der Waals surface area contributed by atoms with E-state index in [1.54, 1.807) is 6.26 Å². The molecule has 0 radical (unpaired) electrons. The standard InChI is InChI=1S/C11H25NOS/c1-5-7-8-11(6-2)12-9-10(3)14(4)13/h10-12H,5-9H2,1-4H3. The fraction of sp³-hybridized carbons (Fsp3) is 1.00. The normalized spacial score (nSPS) is 17.7. The van der Waals surface area contributed by atoms with Crippen molar-refractivity contribution in [2.75, 3.05) is 12.8 Å². The quantitative estimate of drug-likeness (QED) is 0.679. The average molecular weight is 219 g/mol. The molecule has 1 N–H and O–H groups in total. The van der Waals surface area contributed by atoms with Gasteiger partial charge < -0.3 is 5.32 Å². The third kappa shape index (κ3) is 6.55. The van der Waals surface area contributed by atoms with Gasteiger partial charge in [0.05, 0.1) is 0 Å². The molecule has 0 amide bonds. The fourth-order valence-electron chi connectivity index (χ4n) is 1.35. The second-order valence-corrected chi connectivity index (χ2v) is 5.77. The predicted octanol–water partition coefficient (Wildman–Crippen LogP) is 2.31. The Hall–Kier alpha value is 0.110. The van der Waals surface area contributed by atoms with E-state index in [1.165, 1.54) is 25.7 Å². The lowest BCUT2D eigenvalue weighted by atomic mass is 10.1. The van der Waals surface area contributed by atoms with E-state index in [4.69, 9.17) is 0 Å². The van der Waals surface area contributed by atoms with E-state index in [1.807, 2.05) is 6.92 Å². The Morgan fingerprint density at radius 2 is 2.00 bits per heavy atom. The van der Waals surface area contributed by atoms with E-state index < -0.39 is 10.8 Å². The van der Waals surface area contributed by atoms with Crippen molar-refractivity contribution < 1.29 is 4.21 Å². The molecule has 3 heteroatoms. The molecule has 0 spiro atoms. The molecule has 0 bridgehead atoms. The Kier molecular flexibility index (Phi) is 8.49. The van der Waals surface area contributed by atoms with Gasteiger partial charge in [0, 0.05) is 34.9 Å². The Morgan fingerprint density at radius 1 is 1.36 bits per heavy atom. The molecule has 0 heterocycles. The fourth-order valence-corrected chi connectivity index (χ4v) is 1.68. The van der Waals surface area contributed by atoms with Gasteiger partial charge in [0.25, 0.3) is 0 Å². The van der Waals surface area contributed by atoms with Gasteiger partial charge in [0.15, 0.2) is 0 Å². The minimum absolute atomic E-state index is 0.269. The van der Waals surface area contributed by atoms with Gasteiger partial charge in [0.1, 0.15) is 0 Å². The van der Waals surface area contributed by atoms with Crippen LogP contribution in [-0.4, -0.2) is 28.3 Å². The van der Waals surface area contributed by atoms with Crippen LogP contribution in [0, 0.1) is 0 Å². The Morgan fingerprint density at radius 3 is 2.43 bits per heavy atom. The van der Waals surface area contributed by atoms with E-state index in [0.717, 1.165) is 6.54 Å². The minimum atomic E-state index is -0.697. The van der Waals surface area contributed by atoms with Crippen LogP contribution in [-0.2, 0) is 10.8 Å². The summed E-state index contributed by atoms with van der Waals surface area (Å²) in [5.41, 5.74) is 0. The summed E-state index contributed by atoms with van der Waals surface area (Å²) in [6.45, 7) is 7.35. The zero-order chi connectivity index (χ0) is 11.0.